The van der Waals surface area contributed by atoms with Gasteiger partial charge in [0.25, 0.3) is 0 Å². The number of rotatable bonds is 4. The Kier molecular flexibility index (Phi) is 5.09. The van der Waals surface area contributed by atoms with E-state index in [1.165, 1.54) is 11.3 Å². The van der Waals surface area contributed by atoms with Crippen LogP contribution in [0.15, 0.2) is 10.7 Å². The molecule has 6 nitrogen and oxygen atoms in total. The number of aryl methyl sites for hydroxylation is 2. The van der Waals surface area contributed by atoms with E-state index in [0.717, 1.165) is 21.9 Å². The number of anilines is 1. The second kappa shape index (κ2) is 6.70. The average Bonchev–Trinajstić information content (AvgIpc) is 3.00. The Bertz CT molecular complexity index is 665. The van der Waals surface area contributed by atoms with Gasteiger partial charge >= 0.3 is 6.03 Å². The molecule has 0 saturated heterocycles. The fourth-order valence-electron chi connectivity index (χ4n) is 2.19. The van der Waals surface area contributed by atoms with Crippen molar-refractivity contribution in [1.29, 1.82) is 0 Å². The van der Waals surface area contributed by atoms with Gasteiger partial charge in [0, 0.05) is 22.7 Å². The van der Waals surface area contributed by atoms with Crippen LogP contribution in [0.1, 0.15) is 49.6 Å². The highest BCUT2D eigenvalue weighted by molar-refractivity contribution is 7.15. The van der Waals surface area contributed by atoms with Crippen molar-refractivity contribution < 1.29 is 9.32 Å². The Labute approximate surface area is 140 Å². The molecule has 23 heavy (non-hydrogen) atoms. The van der Waals surface area contributed by atoms with Crippen molar-refractivity contribution in [3.63, 3.8) is 0 Å². The van der Waals surface area contributed by atoms with Crippen LogP contribution in [0.2, 0.25) is 0 Å². The number of carbonyl (C=O) groups excluding carboxylic acids is 1. The quantitative estimate of drug-likeness (QED) is 0.890. The second-order valence-electron chi connectivity index (χ2n) is 6.79. The maximum absolute atomic E-state index is 12.1. The molecule has 2 N–H and O–H groups in total. The molecule has 1 unspecified atom stereocenters. The van der Waals surface area contributed by atoms with Gasteiger partial charge in [-0.1, -0.05) is 25.9 Å². The summed E-state index contributed by atoms with van der Waals surface area (Å²) in [7, 11) is 0. The van der Waals surface area contributed by atoms with Gasteiger partial charge in [0.1, 0.15) is 5.76 Å². The first-order valence-electron chi connectivity index (χ1n) is 7.62. The topological polar surface area (TPSA) is 80.0 Å². The fourth-order valence-corrected chi connectivity index (χ4v) is 3.06. The molecule has 2 heterocycles. The first kappa shape index (κ1) is 17.5. The van der Waals surface area contributed by atoms with Gasteiger partial charge in [0.2, 0.25) is 0 Å². The summed E-state index contributed by atoms with van der Waals surface area (Å²) in [5.74, 6) is 0.798. The van der Waals surface area contributed by atoms with Crippen LogP contribution in [0.3, 0.4) is 0 Å². The summed E-state index contributed by atoms with van der Waals surface area (Å²) in [6.45, 7) is 12.1. The molecule has 126 valence electrons. The summed E-state index contributed by atoms with van der Waals surface area (Å²) in [5, 5.41) is 10.2. The van der Waals surface area contributed by atoms with Crippen LogP contribution in [0, 0.1) is 13.8 Å². The van der Waals surface area contributed by atoms with E-state index < -0.39 is 0 Å². The Balaban J connectivity index is 1.90. The van der Waals surface area contributed by atoms with Gasteiger partial charge in [-0.25, -0.2) is 9.78 Å². The minimum absolute atomic E-state index is 0.0324. The second-order valence-corrected chi connectivity index (χ2v) is 7.82. The zero-order valence-corrected chi connectivity index (χ0v) is 15.3. The minimum atomic E-state index is -0.251. The van der Waals surface area contributed by atoms with Gasteiger partial charge in [-0.05, 0) is 32.6 Å². The molecule has 0 aliphatic rings. The molecule has 0 aliphatic heterocycles. The number of amides is 2. The van der Waals surface area contributed by atoms with Crippen molar-refractivity contribution in [3.05, 3.63) is 28.1 Å². The number of aromatic nitrogens is 2. The van der Waals surface area contributed by atoms with E-state index in [4.69, 9.17) is 4.52 Å². The predicted molar refractivity (Wildman–Crippen MR) is 92.1 cm³/mol. The van der Waals surface area contributed by atoms with Crippen molar-refractivity contribution in [1.82, 2.24) is 15.5 Å². The molecule has 2 aromatic rings. The molecular weight excluding hydrogens is 312 g/mol. The number of urea groups is 1. The standard InChI is InChI=1S/C16H24N4O2S/c1-9(7-12-10(2)20-22-11(12)3)18-14(21)19-15-17-8-13(23-15)16(4,5)6/h8-9H,7H2,1-6H3,(H2,17,18,19,21). The number of thiazole rings is 1. The third-order valence-electron chi connectivity index (χ3n) is 3.53. The van der Waals surface area contributed by atoms with Gasteiger partial charge < -0.3 is 9.84 Å². The van der Waals surface area contributed by atoms with E-state index in [-0.39, 0.29) is 17.5 Å². The number of hydrogen-bond donors (Lipinski definition) is 2. The first-order valence-corrected chi connectivity index (χ1v) is 8.44. The highest BCUT2D eigenvalue weighted by Crippen LogP contribution is 2.29. The van der Waals surface area contributed by atoms with Crippen molar-refractivity contribution in [2.45, 2.75) is 59.4 Å². The highest BCUT2D eigenvalue weighted by atomic mass is 32.1. The van der Waals surface area contributed by atoms with Crippen LogP contribution < -0.4 is 10.6 Å². The molecule has 0 aromatic carbocycles. The summed E-state index contributed by atoms with van der Waals surface area (Å²) in [5.41, 5.74) is 1.94. The van der Waals surface area contributed by atoms with Gasteiger partial charge in [-0.3, -0.25) is 5.32 Å². The lowest BCUT2D eigenvalue weighted by atomic mass is 9.96. The van der Waals surface area contributed by atoms with Crippen molar-refractivity contribution in [3.8, 4) is 0 Å². The summed E-state index contributed by atoms with van der Waals surface area (Å²) in [6.07, 6.45) is 2.49. The predicted octanol–water partition coefficient (Wildman–Crippen LogP) is 3.80. The number of carbonyl (C=O) groups is 1. The fraction of sp³-hybridized carbons (Fsp3) is 0.562. The largest absolute Gasteiger partial charge is 0.361 e. The van der Waals surface area contributed by atoms with Crippen LogP contribution in [0.5, 0.6) is 0 Å². The summed E-state index contributed by atoms with van der Waals surface area (Å²) < 4.78 is 5.14. The van der Waals surface area contributed by atoms with Gasteiger partial charge in [0.05, 0.1) is 5.69 Å². The van der Waals surface area contributed by atoms with Gasteiger partial charge in [-0.2, -0.15) is 0 Å². The van der Waals surface area contributed by atoms with Crippen LogP contribution in [-0.2, 0) is 11.8 Å². The monoisotopic (exact) mass is 336 g/mol. The molecule has 0 bridgehead atoms. The molecule has 2 amide bonds. The molecule has 0 aliphatic carbocycles. The summed E-state index contributed by atoms with van der Waals surface area (Å²) >= 11 is 1.50. The van der Waals surface area contributed by atoms with Crippen LogP contribution in [0.4, 0.5) is 9.93 Å². The lowest BCUT2D eigenvalue weighted by Gasteiger charge is -2.15. The van der Waals surface area contributed by atoms with E-state index in [1.807, 2.05) is 27.0 Å². The molecular formula is C16H24N4O2S. The van der Waals surface area contributed by atoms with E-state index in [1.54, 1.807) is 0 Å². The number of nitrogens with one attached hydrogen (secondary N) is 2. The zero-order valence-electron chi connectivity index (χ0n) is 14.5. The number of nitrogens with zero attached hydrogens (tertiary/aromatic N) is 2. The molecule has 0 radical (unpaired) electrons. The smallest absolute Gasteiger partial charge is 0.321 e. The molecule has 2 aromatic heterocycles. The van der Waals surface area contributed by atoms with E-state index in [2.05, 4.69) is 41.5 Å². The molecule has 0 saturated carbocycles. The van der Waals surface area contributed by atoms with E-state index in [9.17, 15) is 4.79 Å². The maximum atomic E-state index is 12.1. The maximum Gasteiger partial charge on any atom is 0.321 e. The number of hydrogen-bond acceptors (Lipinski definition) is 5. The highest BCUT2D eigenvalue weighted by Gasteiger charge is 2.19. The third kappa shape index (κ3) is 4.54. The first-order chi connectivity index (χ1) is 10.7. The van der Waals surface area contributed by atoms with Crippen LogP contribution in [0.25, 0.3) is 0 Å². The Morgan fingerprint density at radius 2 is 2.09 bits per heavy atom. The zero-order chi connectivity index (χ0) is 17.2. The Hall–Kier alpha value is -1.89. The molecule has 2 rings (SSSR count). The molecule has 1 atom stereocenters. The Morgan fingerprint density at radius 3 is 2.61 bits per heavy atom. The SMILES string of the molecule is Cc1noc(C)c1CC(C)NC(=O)Nc1ncc(C(C)(C)C)s1. The lowest BCUT2D eigenvalue weighted by Crippen LogP contribution is -2.37. The summed E-state index contributed by atoms with van der Waals surface area (Å²) in [6, 6.07) is -0.284. The van der Waals surface area contributed by atoms with Crippen LogP contribution >= 0.6 is 11.3 Å². The third-order valence-corrected chi connectivity index (χ3v) is 4.87. The van der Waals surface area contributed by atoms with E-state index >= 15 is 0 Å². The minimum Gasteiger partial charge on any atom is -0.361 e. The lowest BCUT2D eigenvalue weighted by molar-refractivity contribution is 0.249. The summed E-state index contributed by atoms with van der Waals surface area (Å²) in [4.78, 5) is 17.5. The Morgan fingerprint density at radius 1 is 1.39 bits per heavy atom. The average molecular weight is 336 g/mol. The van der Waals surface area contributed by atoms with Crippen molar-refractivity contribution in [2.75, 3.05) is 5.32 Å². The molecule has 7 heteroatoms. The van der Waals surface area contributed by atoms with Crippen LogP contribution in [-0.4, -0.2) is 22.2 Å². The van der Waals surface area contributed by atoms with Gasteiger partial charge in [0.15, 0.2) is 5.13 Å². The van der Waals surface area contributed by atoms with Crippen molar-refractivity contribution >= 4 is 22.5 Å². The normalized spacial score (nSPS) is 13.0. The van der Waals surface area contributed by atoms with Gasteiger partial charge in [-0.15, -0.1) is 11.3 Å². The molecule has 0 fully saturated rings. The molecule has 0 spiro atoms. The van der Waals surface area contributed by atoms with E-state index in [0.29, 0.717) is 11.6 Å². The van der Waals surface area contributed by atoms with Crippen molar-refractivity contribution in [2.24, 2.45) is 0 Å².